The van der Waals surface area contributed by atoms with Crippen molar-refractivity contribution in [1.29, 1.82) is 0 Å². The number of nitrogens with zero attached hydrogens (tertiary/aromatic N) is 4. The summed E-state index contributed by atoms with van der Waals surface area (Å²) in [6.07, 6.45) is 4.93. The number of benzene rings is 1. The number of nitrogens with two attached hydrogens (primary N) is 1. The van der Waals surface area contributed by atoms with Gasteiger partial charge in [0, 0.05) is 31.0 Å². The molecule has 0 radical (unpaired) electrons. The molecule has 20 heavy (non-hydrogen) atoms. The average molecular weight is 269 g/mol. The van der Waals surface area contributed by atoms with E-state index in [-0.39, 0.29) is 6.04 Å². The summed E-state index contributed by atoms with van der Waals surface area (Å²) in [6.45, 7) is 2.77. The van der Waals surface area contributed by atoms with Crippen LogP contribution in [0.3, 0.4) is 0 Å². The molecule has 5 nitrogen and oxygen atoms in total. The second-order valence-electron chi connectivity index (χ2n) is 5.40. The van der Waals surface area contributed by atoms with E-state index in [0.717, 1.165) is 18.7 Å². The fourth-order valence-corrected chi connectivity index (χ4v) is 2.51. The Labute approximate surface area is 118 Å². The highest BCUT2D eigenvalue weighted by Gasteiger charge is 2.06. The van der Waals surface area contributed by atoms with Crippen LogP contribution < -0.4 is 5.73 Å². The van der Waals surface area contributed by atoms with Crippen molar-refractivity contribution in [3.63, 3.8) is 0 Å². The molecular formula is C15H19N5. The summed E-state index contributed by atoms with van der Waals surface area (Å²) < 4.78 is 3.92. The van der Waals surface area contributed by atoms with Crippen LogP contribution in [-0.2, 0) is 20.0 Å². The van der Waals surface area contributed by atoms with Crippen LogP contribution in [0.5, 0.6) is 0 Å². The van der Waals surface area contributed by atoms with Gasteiger partial charge in [0.1, 0.15) is 5.69 Å². The number of hydrogen-bond acceptors (Lipinski definition) is 3. The van der Waals surface area contributed by atoms with Gasteiger partial charge in [-0.15, -0.1) is 5.10 Å². The Morgan fingerprint density at radius 1 is 1.30 bits per heavy atom. The standard InChI is InChI=1S/C15H19N5/c1-11(16)7-12-3-4-13-5-6-20(15(13)8-12)10-14-9-19(2)18-17-14/h3-6,8-9,11H,7,10,16H2,1-2H3. The molecule has 2 aromatic heterocycles. The van der Waals surface area contributed by atoms with E-state index >= 15 is 0 Å². The first kappa shape index (κ1) is 12.9. The Morgan fingerprint density at radius 3 is 2.85 bits per heavy atom. The molecule has 0 bridgehead atoms. The van der Waals surface area contributed by atoms with Crippen LogP contribution in [0.15, 0.2) is 36.7 Å². The van der Waals surface area contributed by atoms with E-state index < -0.39 is 0 Å². The molecule has 3 aromatic rings. The summed E-state index contributed by atoms with van der Waals surface area (Å²) in [7, 11) is 1.88. The van der Waals surface area contributed by atoms with Gasteiger partial charge in [0.05, 0.1) is 6.54 Å². The molecule has 0 saturated heterocycles. The maximum absolute atomic E-state index is 5.88. The third kappa shape index (κ3) is 2.58. The molecule has 5 heteroatoms. The Bertz CT molecular complexity index is 723. The molecule has 0 aliphatic carbocycles. The fourth-order valence-electron chi connectivity index (χ4n) is 2.51. The van der Waals surface area contributed by atoms with Crippen molar-refractivity contribution < 1.29 is 0 Å². The third-order valence-corrected chi connectivity index (χ3v) is 3.38. The van der Waals surface area contributed by atoms with E-state index in [2.05, 4.69) is 45.3 Å². The zero-order chi connectivity index (χ0) is 14.1. The van der Waals surface area contributed by atoms with Gasteiger partial charge in [0.15, 0.2) is 0 Å². The molecule has 0 amide bonds. The SMILES string of the molecule is CC(N)Cc1ccc2ccn(Cc3cn(C)nn3)c2c1. The van der Waals surface area contributed by atoms with Crippen LogP contribution in [0.2, 0.25) is 0 Å². The van der Waals surface area contributed by atoms with E-state index in [1.54, 1.807) is 4.68 Å². The maximum atomic E-state index is 5.88. The predicted molar refractivity (Wildman–Crippen MR) is 79.4 cm³/mol. The van der Waals surface area contributed by atoms with Gasteiger partial charge in [0.25, 0.3) is 0 Å². The van der Waals surface area contributed by atoms with Crippen LogP contribution in [-0.4, -0.2) is 25.6 Å². The lowest BCUT2D eigenvalue weighted by molar-refractivity contribution is 0.711. The topological polar surface area (TPSA) is 61.7 Å². The number of aromatic nitrogens is 4. The van der Waals surface area contributed by atoms with Crippen molar-refractivity contribution in [2.24, 2.45) is 12.8 Å². The van der Waals surface area contributed by atoms with Crippen molar-refractivity contribution in [2.45, 2.75) is 25.9 Å². The Hall–Kier alpha value is -2.14. The van der Waals surface area contributed by atoms with Crippen molar-refractivity contribution in [3.05, 3.63) is 47.9 Å². The van der Waals surface area contributed by atoms with Crippen LogP contribution in [0.4, 0.5) is 0 Å². The van der Waals surface area contributed by atoms with Gasteiger partial charge in [-0.2, -0.15) is 0 Å². The highest BCUT2D eigenvalue weighted by molar-refractivity contribution is 5.81. The minimum absolute atomic E-state index is 0.177. The van der Waals surface area contributed by atoms with Gasteiger partial charge in [-0.25, -0.2) is 0 Å². The summed E-state index contributed by atoms with van der Waals surface area (Å²) in [4.78, 5) is 0. The summed E-state index contributed by atoms with van der Waals surface area (Å²) >= 11 is 0. The monoisotopic (exact) mass is 269 g/mol. The van der Waals surface area contributed by atoms with Crippen LogP contribution in [0.1, 0.15) is 18.2 Å². The Morgan fingerprint density at radius 2 is 2.15 bits per heavy atom. The lowest BCUT2D eigenvalue weighted by atomic mass is 10.1. The minimum Gasteiger partial charge on any atom is -0.341 e. The summed E-state index contributed by atoms with van der Waals surface area (Å²) in [5, 5.41) is 9.35. The minimum atomic E-state index is 0.177. The fraction of sp³-hybridized carbons (Fsp3) is 0.333. The Balaban J connectivity index is 1.94. The van der Waals surface area contributed by atoms with Gasteiger partial charge in [-0.05, 0) is 36.4 Å². The molecule has 1 unspecified atom stereocenters. The molecule has 0 saturated carbocycles. The molecule has 104 valence electrons. The van der Waals surface area contributed by atoms with Crippen LogP contribution in [0, 0.1) is 0 Å². The van der Waals surface area contributed by atoms with Crippen molar-refractivity contribution in [3.8, 4) is 0 Å². The molecule has 1 atom stereocenters. The first-order valence-electron chi connectivity index (χ1n) is 6.80. The summed E-state index contributed by atoms with van der Waals surface area (Å²) in [5.41, 5.74) is 9.33. The van der Waals surface area contributed by atoms with Crippen molar-refractivity contribution in [2.75, 3.05) is 0 Å². The smallest absolute Gasteiger partial charge is 0.102 e. The first-order valence-corrected chi connectivity index (χ1v) is 6.80. The van der Waals surface area contributed by atoms with E-state index in [4.69, 9.17) is 5.73 Å². The zero-order valence-corrected chi connectivity index (χ0v) is 11.8. The highest BCUT2D eigenvalue weighted by atomic mass is 15.4. The van der Waals surface area contributed by atoms with E-state index in [9.17, 15) is 0 Å². The summed E-state index contributed by atoms with van der Waals surface area (Å²) in [5.74, 6) is 0. The van der Waals surface area contributed by atoms with Crippen LogP contribution in [0.25, 0.3) is 10.9 Å². The molecule has 0 aliphatic heterocycles. The third-order valence-electron chi connectivity index (χ3n) is 3.38. The highest BCUT2D eigenvalue weighted by Crippen LogP contribution is 2.19. The molecule has 2 N–H and O–H groups in total. The molecule has 0 aliphatic rings. The number of aryl methyl sites for hydroxylation is 1. The lowest BCUT2D eigenvalue weighted by Crippen LogP contribution is -2.17. The van der Waals surface area contributed by atoms with E-state index in [1.807, 2.05) is 20.2 Å². The quantitative estimate of drug-likeness (QED) is 0.784. The maximum Gasteiger partial charge on any atom is 0.102 e. The molecular weight excluding hydrogens is 250 g/mol. The number of rotatable bonds is 4. The molecule has 1 aromatic carbocycles. The second kappa shape index (κ2) is 5.09. The Kier molecular flexibility index (Phi) is 3.28. The van der Waals surface area contributed by atoms with Gasteiger partial charge >= 0.3 is 0 Å². The van der Waals surface area contributed by atoms with Gasteiger partial charge < -0.3 is 10.3 Å². The molecule has 0 fully saturated rings. The van der Waals surface area contributed by atoms with E-state index in [0.29, 0.717) is 0 Å². The molecule has 3 rings (SSSR count). The van der Waals surface area contributed by atoms with Crippen molar-refractivity contribution in [1.82, 2.24) is 19.6 Å². The first-order chi connectivity index (χ1) is 9.61. The summed E-state index contributed by atoms with van der Waals surface area (Å²) in [6, 6.07) is 8.82. The predicted octanol–water partition coefficient (Wildman–Crippen LogP) is 1.71. The largest absolute Gasteiger partial charge is 0.341 e. The van der Waals surface area contributed by atoms with Gasteiger partial charge in [-0.3, -0.25) is 4.68 Å². The number of fused-ring (bicyclic) bond motifs is 1. The zero-order valence-electron chi connectivity index (χ0n) is 11.8. The normalized spacial score (nSPS) is 12.9. The lowest BCUT2D eigenvalue weighted by Gasteiger charge is -2.07. The van der Waals surface area contributed by atoms with Gasteiger partial charge in [-0.1, -0.05) is 17.3 Å². The van der Waals surface area contributed by atoms with Crippen molar-refractivity contribution >= 4 is 10.9 Å². The second-order valence-corrected chi connectivity index (χ2v) is 5.40. The average Bonchev–Trinajstić information content (AvgIpc) is 2.97. The molecule has 0 spiro atoms. The van der Waals surface area contributed by atoms with Gasteiger partial charge in [0.2, 0.25) is 0 Å². The molecule has 2 heterocycles. The number of hydrogen-bond donors (Lipinski definition) is 1. The van der Waals surface area contributed by atoms with Crippen LogP contribution >= 0.6 is 0 Å². The van der Waals surface area contributed by atoms with E-state index in [1.165, 1.54) is 16.5 Å².